The molecule has 106 valence electrons. The lowest BCUT2D eigenvalue weighted by atomic mass is 10.2. The Morgan fingerprint density at radius 2 is 1.95 bits per heavy atom. The van der Waals surface area contributed by atoms with Crippen molar-refractivity contribution in [2.75, 3.05) is 19.4 Å². The van der Waals surface area contributed by atoms with E-state index in [0.29, 0.717) is 11.3 Å². The van der Waals surface area contributed by atoms with Crippen molar-refractivity contribution >= 4 is 21.6 Å². The standard InChI is InChI=1S/C12H19N3O3S/c1-8-5-6-10(14-12(16)9(2)13)7-11(8)19(17,18)15(3)4/h5-7,9H,13H2,1-4H3,(H,14,16)/t9-/m1/s1. The van der Waals surface area contributed by atoms with Crippen LogP contribution in [0.3, 0.4) is 0 Å². The second-order valence-corrected chi connectivity index (χ2v) is 6.67. The molecule has 0 saturated carbocycles. The van der Waals surface area contributed by atoms with Gasteiger partial charge < -0.3 is 11.1 Å². The molecule has 1 rings (SSSR count). The van der Waals surface area contributed by atoms with Gasteiger partial charge in [-0.05, 0) is 31.5 Å². The molecule has 6 nitrogen and oxygen atoms in total. The van der Waals surface area contributed by atoms with Crippen LogP contribution in [0, 0.1) is 6.92 Å². The zero-order valence-corrected chi connectivity index (χ0v) is 12.3. The zero-order chi connectivity index (χ0) is 14.8. The smallest absolute Gasteiger partial charge is 0.242 e. The van der Waals surface area contributed by atoms with Crippen molar-refractivity contribution in [2.24, 2.45) is 5.73 Å². The predicted molar refractivity (Wildman–Crippen MR) is 74.3 cm³/mol. The molecule has 0 unspecified atom stereocenters. The number of hydrogen-bond donors (Lipinski definition) is 2. The predicted octanol–water partition coefficient (Wildman–Crippen LogP) is 0.531. The van der Waals surface area contributed by atoms with E-state index in [-0.39, 0.29) is 10.8 Å². The molecular formula is C12H19N3O3S. The van der Waals surface area contributed by atoms with Crippen LogP contribution in [-0.4, -0.2) is 38.8 Å². The first-order chi connectivity index (χ1) is 8.66. The average Bonchev–Trinajstić information content (AvgIpc) is 2.30. The Labute approximate surface area is 113 Å². The highest BCUT2D eigenvalue weighted by Gasteiger charge is 2.20. The zero-order valence-electron chi connectivity index (χ0n) is 11.5. The number of anilines is 1. The van der Waals surface area contributed by atoms with Gasteiger partial charge in [-0.15, -0.1) is 0 Å². The van der Waals surface area contributed by atoms with Crippen molar-refractivity contribution in [2.45, 2.75) is 24.8 Å². The van der Waals surface area contributed by atoms with Gasteiger partial charge in [-0.1, -0.05) is 6.07 Å². The summed E-state index contributed by atoms with van der Waals surface area (Å²) in [5.74, 6) is -0.364. The monoisotopic (exact) mass is 285 g/mol. The average molecular weight is 285 g/mol. The molecule has 7 heteroatoms. The largest absolute Gasteiger partial charge is 0.325 e. The van der Waals surface area contributed by atoms with Crippen molar-refractivity contribution in [1.82, 2.24) is 4.31 Å². The van der Waals surface area contributed by atoms with Crippen LogP contribution in [0.25, 0.3) is 0 Å². The molecule has 0 heterocycles. The van der Waals surface area contributed by atoms with E-state index in [2.05, 4.69) is 5.32 Å². The lowest BCUT2D eigenvalue weighted by Gasteiger charge is -2.15. The van der Waals surface area contributed by atoms with Gasteiger partial charge in [0.05, 0.1) is 10.9 Å². The highest BCUT2D eigenvalue weighted by Crippen LogP contribution is 2.22. The Kier molecular flexibility index (Phi) is 4.67. The van der Waals surface area contributed by atoms with Crippen LogP contribution >= 0.6 is 0 Å². The Morgan fingerprint density at radius 1 is 1.37 bits per heavy atom. The van der Waals surface area contributed by atoms with Gasteiger partial charge in [0, 0.05) is 19.8 Å². The summed E-state index contributed by atoms with van der Waals surface area (Å²) >= 11 is 0. The molecule has 1 aromatic carbocycles. The van der Waals surface area contributed by atoms with Crippen molar-refractivity contribution in [3.8, 4) is 0 Å². The SMILES string of the molecule is Cc1ccc(NC(=O)[C@@H](C)N)cc1S(=O)(=O)N(C)C. The quantitative estimate of drug-likeness (QED) is 0.844. The number of amides is 1. The summed E-state index contributed by atoms with van der Waals surface area (Å²) in [7, 11) is -0.615. The molecule has 0 bridgehead atoms. The summed E-state index contributed by atoms with van der Waals surface area (Å²) in [6.45, 7) is 3.26. The first kappa shape index (κ1) is 15.6. The van der Waals surface area contributed by atoms with Crippen molar-refractivity contribution in [3.63, 3.8) is 0 Å². The minimum absolute atomic E-state index is 0.167. The molecule has 0 spiro atoms. The van der Waals surface area contributed by atoms with E-state index >= 15 is 0 Å². The number of hydrogen-bond acceptors (Lipinski definition) is 4. The number of nitrogens with two attached hydrogens (primary N) is 1. The number of carbonyl (C=O) groups excluding carboxylic acids is 1. The maximum absolute atomic E-state index is 12.1. The van der Waals surface area contributed by atoms with E-state index in [9.17, 15) is 13.2 Å². The second-order valence-electron chi connectivity index (χ2n) is 4.55. The molecule has 0 saturated heterocycles. The Morgan fingerprint density at radius 3 is 2.42 bits per heavy atom. The Bertz CT molecular complexity index is 580. The summed E-state index contributed by atoms with van der Waals surface area (Å²) in [6.07, 6.45) is 0. The highest BCUT2D eigenvalue weighted by atomic mass is 32.2. The molecule has 3 N–H and O–H groups in total. The normalized spacial score (nSPS) is 13.4. The van der Waals surface area contributed by atoms with Gasteiger partial charge in [-0.2, -0.15) is 0 Å². The number of nitrogens with one attached hydrogen (secondary N) is 1. The van der Waals surface area contributed by atoms with Gasteiger partial charge >= 0.3 is 0 Å². The molecular weight excluding hydrogens is 266 g/mol. The summed E-state index contributed by atoms with van der Waals surface area (Å²) < 4.78 is 25.4. The number of sulfonamides is 1. The van der Waals surface area contributed by atoms with Crippen LogP contribution in [0.5, 0.6) is 0 Å². The first-order valence-corrected chi connectivity index (χ1v) is 7.20. The van der Waals surface area contributed by atoms with Crippen LogP contribution in [-0.2, 0) is 14.8 Å². The summed E-state index contributed by atoms with van der Waals surface area (Å²) in [5, 5.41) is 2.57. The van der Waals surface area contributed by atoms with E-state index in [1.54, 1.807) is 26.0 Å². The topological polar surface area (TPSA) is 92.5 Å². The van der Waals surface area contributed by atoms with Gasteiger partial charge in [0.25, 0.3) is 0 Å². The molecule has 1 aromatic rings. The molecule has 0 aromatic heterocycles. The van der Waals surface area contributed by atoms with Crippen LogP contribution in [0.15, 0.2) is 23.1 Å². The van der Waals surface area contributed by atoms with Gasteiger partial charge in [0.1, 0.15) is 0 Å². The maximum atomic E-state index is 12.1. The van der Waals surface area contributed by atoms with Gasteiger partial charge in [0.15, 0.2) is 0 Å². The molecule has 1 amide bonds. The van der Waals surface area contributed by atoms with Crippen molar-refractivity contribution in [3.05, 3.63) is 23.8 Å². The summed E-state index contributed by atoms with van der Waals surface area (Å²) in [5.41, 5.74) is 6.48. The maximum Gasteiger partial charge on any atom is 0.242 e. The molecule has 0 aliphatic carbocycles. The third-order valence-corrected chi connectivity index (χ3v) is 4.58. The lowest BCUT2D eigenvalue weighted by molar-refractivity contribution is -0.117. The molecule has 0 radical (unpaired) electrons. The number of benzene rings is 1. The molecule has 0 fully saturated rings. The minimum Gasteiger partial charge on any atom is -0.325 e. The number of carbonyl (C=O) groups is 1. The van der Waals surface area contributed by atoms with E-state index in [1.807, 2.05) is 0 Å². The number of rotatable bonds is 4. The number of nitrogens with zero attached hydrogens (tertiary/aromatic N) is 1. The molecule has 0 aliphatic heterocycles. The van der Waals surface area contributed by atoms with Crippen LogP contribution in [0.4, 0.5) is 5.69 Å². The summed E-state index contributed by atoms with van der Waals surface area (Å²) in [6, 6.07) is 4.07. The van der Waals surface area contributed by atoms with E-state index in [4.69, 9.17) is 5.73 Å². The second kappa shape index (κ2) is 5.68. The van der Waals surface area contributed by atoms with Crippen LogP contribution < -0.4 is 11.1 Å². The molecule has 0 aliphatic rings. The van der Waals surface area contributed by atoms with Crippen molar-refractivity contribution in [1.29, 1.82) is 0 Å². The van der Waals surface area contributed by atoms with Crippen LogP contribution in [0.1, 0.15) is 12.5 Å². The molecule has 1 atom stereocenters. The highest BCUT2D eigenvalue weighted by molar-refractivity contribution is 7.89. The fourth-order valence-electron chi connectivity index (χ4n) is 1.41. The minimum atomic E-state index is -3.54. The first-order valence-electron chi connectivity index (χ1n) is 5.76. The van der Waals surface area contributed by atoms with Gasteiger partial charge in [0.2, 0.25) is 15.9 Å². The van der Waals surface area contributed by atoms with E-state index in [1.165, 1.54) is 20.2 Å². The van der Waals surface area contributed by atoms with E-state index in [0.717, 1.165) is 4.31 Å². The number of aryl methyl sites for hydroxylation is 1. The third kappa shape index (κ3) is 3.52. The Hall–Kier alpha value is -1.44. The lowest BCUT2D eigenvalue weighted by Crippen LogP contribution is -2.32. The fourth-order valence-corrected chi connectivity index (χ4v) is 2.55. The Balaban J connectivity index is 3.19. The van der Waals surface area contributed by atoms with Gasteiger partial charge in [-0.3, -0.25) is 4.79 Å². The fraction of sp³-hybridized carbons (Fsp3) is 0.417. The summed E-state index contributed by atoms with van der Waals surface area (Å²) in [4.78, 5) is 11.7. The van der Waals surface area contributed by atoms with Crippen molar-refractivity contribution < 1.29 is 13.2 Å². The van der Waals surface area contributed by atoms with E-state index < -0.39 is 16.1 Å². The van der Waals surface area contributed by atoms with Crippen LogP contribution in [0.2, 0.25) is 0 Å². The third-order valence-electron chi connectivity index (χ3n) is 2.63. The van der Waals surface area contributed by atoms with Gasteiger partial charge in [-0.25, -0.2) is 12.7 Å². The molecule has 19 heavy (non-hydrogen) atoms.